The molecule has 0 unspecified atom stereocenters. The molecule has 112 valence electrons. The maximum atomic E-state index is 6.06. The van der Waals surface area contributed by atoms with E-state index < -0.39 is 0 Å². The summed E-state index contributed by atoms with van der Waals surface area (Å²) in [4.78, 5) is 4.18. The van der Waals surface area contributed by atoms with Crippen LogP contribution in [0.4, 0.5) is 11.6 Å². The summed E-state index contributed by atoms with van der Waals surface area (Å²) in [5.74, 6) is 7.02. The molecule has 7 heteroatoms. The van der Waals surface area contributed by atoms with E-state index in [1.165, 1.54) is 0 Å². The van der Waals surface area contributed by atoms with Gasteiger partial charge in [-0.1, -0.05) is 35.3 Å². The summed E-state index contributed by atoms with van der Waals surface area (Å²) in [5.41, 5.74) is 3.57. The van der Waals surface area contributed by atoms with Gasteiger partial charge in [-0.15, -0.1) is 0 Å². The zero-order valence-electron chi connectivity index (χ0n) is 11.5. The minimum Gasteiger partial charge on any atom is -0.492 e. The largest absolute Gasteiger partial charge is 0.492 e. The van der Waals surface area contributed by atoms with Crippen molar-refractivity contribution >= 4 is 34.8 Å². The first kappa shape index (κ1) is 15.7. The van der Waals surface area contributed by atoms with E-state index in [1.807, 2.05) is 31.2 Å². The van der Waals surface area contributed by atoms with Crippen molar-refractivity contribution in [2.75, 3.05) is 23.9 Å². The number of ether oxygens (including phenoxy) is 1. The molecule has 0 spiro atoms. The third-order valence-corrected chi connectivity index (χ3v) is 3.30. The number of nitrogens with zero attached hydrogens (tertiary/aromatic N) is 1. The summed E-state index contributed by atoms with van der Waals surface area (Å²) in [7, 11) is 0. The molecule has 0 aliphatic heterocycles. The molecule has 2 rings (SSSR count). The van der Waals surface area contributed by atoms with E-state index in [9.17, 15) is 0 Å². The Morgan fingerprint density at radius 3 is 2.67 bits per heavy atom. The van der Waals surface area contributed by atoms with Crippen molar-refractivity contribution in [3.05, 3.63) is 45.9 Å². The molecule has 1 aromatic heterocycles. The van der Waals surface area contributed by atoms with Gasteiger partial charge in [-0.05, 0) is 30.7 Å². The highest BCUT2D eigenvalue weighted by atomic mass is 35.5. The summed E-state index contributed by atoms with van der Waals surface area (Å²) < 4.78 is 5.63. The maximum Gasteiger partial charge on any atom is 0.161 e. The van der Waals surface area contributed by atoms with E-state index >= 15 is 0 Å². The minimum atomic E-state index is 0.364. The number of nitrogen functional groups attached to an aromatic ring is 1. The quantitative estimate of drug-likeness (QED) is 0.430. The van der Waals surface area contributed by atoms with E-state index in [1.54, 1.807) is 6.07 Å². The highest BCUT2D eigenvalue weighted by Gasteiger charge is 2.08. The summed E-state index contributed by atoms with van der Waals surface area (Å²) in [6.07, 6.45) is 0. The number of hydrogen-bond donors (Lipinski definition) is 3. The topological polar surface area (TPSA) is 72.2 Å². The number of nitrogens with two attached hydrogens (primary N) is 1. The number of nitrogens with one attached hydrogen (secondary N) is 2. The molecule has 0 aliphatic carbocycles. The molecule has 1 heterocycles. The van der Waals surface area contributed by atoms with Crippen molar-refractivity contribution in [2.45, 2.75) is 6.92 Å². The van der Waals surface area contributed by atoms with Crippen molar-refractivity contribution in [1.29, 1.82) is 0 Å². The van der Waals surface area contributed by atoms with Gasteiger partial charge in [0, 0.05) is 0 Å². The second-order valence-electron chi connectivity index (χ2n) is 4.39. The van der Waals surface area contributed by atoms with Gasteiger partial charge in [0.1, 0.15) is 18.2 Å². The minimum absolute atomic E-state index is 0.364. The molecule has 0 saturated carbocycles. The Bertz CT molecular complexity index is 622. The van der Waals surface area contributed by atoms with Crippen molar-refractivity contribution in [1.82, 2.24) is 4.98 Å². The number of aromatic nitrogens is 1. The Morgan fingerprint density at radius 2 is 1.95 bits per heavy atom. The van der Waals surface area contributed by atoms with Gasteiger partial charge in [0.15, 0.2) is 5.82 Å². The third kappa shape index (κ3) is 4.39. The smallest absolute Gasteiger partial charge is 0.161 e. The number of hydrazine groups is 1. The number of aryl methyl sites for hydroxylation is 1. The van der Waals surface area contributed by atoms with Gasteiger partial charge < -0.3 is 15.5 Å². The number of anilines is 2. The van der Waals surface area contributed by atoms with Crippen LogP contribution in [0.25, 0.3) is 0 Å². The third-order valence-electron chi connectivity index (χ3n) is 2.72. The van der Waals surface area contributed by atoms with Crippen LogP contribution in [0.5, 0.6) is 5.75 Å². The lowest BCUT2D eigenvalue weighted by Crippen LogP contribution is -2.15. The molecule has 1 aromatic carbocycles. The van der Waals surface area contributed by atoms with Gasteiger partial charge in [0.2, 0.25) is 0 Å². The first-order chi connectivity index (χ1) is 10.1. The zero-order valence-corrected chi connectivity index (χ0v) is 13.0. The summed E-state index contributed by atoms with van der Waals surface area (Å²) >= 11 is 12.0. The Morgan fingerprint density at radius 1 is 1.19 bits per heavy atom. The average molecular weight is 327 g/mol. The van der Waals surface area contributed by atoms with Crippen LogP contribution in [0.2, 0.25) is 10.0 Å². The highest BCUT2D eigenvalue weighted by Crippen LogP contribution is 2.28. The number of halogens is 2. The van der Waals surface area contributed by atoms with Crippen LogP contribution in [0.15, 0.2) is 30.3 Å². The number of benzene rings is 1. The lowest BCUT2D eigenvalue weighted by molar-refractivity contribution is 0.332. The van der Waals surface area contributed by atoms with Crippen LogP contribution in [-0.2, 0) is 0 Å². The van der Waals surface area contributed by atoms with E-state index in [0.717, 1.165) is 11.3 Å². The lowest BCUT2D eigenvalue weighted by Gasteiger charge is -2.11. The normalized spacial score (nSPS) is 10.3. The Hall–Kier alpha value is -1.69. The molecule has 0 bridgehead atoms. The molecular weight excluding hydrogens is 311 g/mol. The van der Waals surface area contributed by atoms with Crippen LogP contribution < -0.4 is 21.3 Å². The molecule has 0 atom stereocenters. The predicted octanol–water partition coefficient (Wildman–Crippen LogP) is 3.47. The summed E-state index contributed by atoms with van der Waals surface area (Å²) in [5, 5.41) is 3.87. The zero-order chi connectivity index (χ0) is 15.2. The van der Waals surface area contributed by atoms with Gasteiger partial charge in [0.25, 0.3) is 0 Å². The van der Waals surface area contributed by atoms with Gasteiger partial charge in [0.05, 0.1) is 16.6 Å². The highest BCUT2D eigenvalue weighted by molar-refractivity contribution is 6.37. The number of pyridine rings is 1. The molecule has 0 saturated heterocycles. The van der Waals surface area contributed by atoms with Crippen LogP contribution in [0.1, 0.15) is 5.56 Å². The molecule has 0 aliphatic rings. The molecule has 0 radical (unpaired) electrons. The van der Waals surface area contributed by atoms with Crippen LogP contribution in [0.3, 0.4) is 0 Å². The van der Waals surface area contributed by atoms with Crippen LogP contribution >= 0.6 is 23.2 Å². The Balaban J connectivity index is 1.89. The summed E-state index contributed by atoms with van der Waals surface area (Å²) in [6, 6.07) is 9.44. The second kappa shape index (κ2) is 7.36. The molecule has 5 nitrogen and oxygen atoms in total. The standard InChI is InChI=1S/C14H16Cl2N4O/c1-9-3-2-4-10(7-9)21-6-5-18-13-11(15)8-12(16)14(19-13)20-17/h2-4,7-8H,5-6,17H2,1H3,(H2,18,19,20). The molecular formula is C14H16Cl2N4O. The first-order valence-electron chi connectivity index (χ1n) is 6.36. The van der Waals surface area contributed by atoms with Crippen molar-refractivity contribution in [3.8, 4) is 5.75 Å². The molecule has 2 aromatic rings. The molecule has 4 N–H and O–H groups in total. The van der Waals surface area contributed by atoms with Gasteiger partial charge >= 0.3 is 0 Å². The van der Waals surface area contributed by atoms with E-state index in [2.05, 4.69) is 15.7 Å². The summed E-state index contributed by atoms with van der Waals surface area (Å²) in [6.45, 7) is 3.05. The molecule has 21 heavy (non-hydrogen) atoms. The fourth-order valence-electron chi connectivity index (χ4n) is 1.74. The second-order valence-corrected chi connectivity index (χ2v) is 5.20. The number of hydrogen-bond acceptors (Lipinski definition) is 5. The van der Waals surface area contributed by atoms with E-state index in [-0.39, 0.29) is 0 Å². The maximum absolute atomic E-state index is 6.06. The van der Waals surface area contributed by atoms with Gasteiger partial charge in [-0.2, -0.15) is 0 Å². The number of rotatable bonds is 6. The first-order valence-corrected chi connectivity index (χ1v) is 7.11. The van der Waals surface area contributed by atoms with Crippen LogP contribution in [-0.4, -0.2) is 18.1 Å². The molecule has 0 fully saturated rings. The molecule has 0 amide bonds. The van der Waals surface area contributed by atoms with Crippen molar-refractivity contribution in [2.24, 2.45) is 5.84 Å². The Labute approximate surface area is 133 Å². The SMILES string of the molecule is Cc1cccc(OCCNc2nc(NN)c(Cl)cc2Cl)c1. The van der Waals surface area contributed by atoms with Gasteiger partial charge in [-0.3, -0.25) is 0 Å². The Kier molecular flexibility index (Phi) is 5.50. The fraction of sp³-hybridized carbons (Fsp3) is 0.214. The lowest BCUT2D eigenvalue weighted by atomic mass is 10.2. The average Bonchev–Trinajstić information content (AvgIpc) is 2.45. The van der Waals surface area contributed by atoms with Crippen molar-refractivity contribution in [3.63, 3.8) is 0 Å². The predicted molar refractivity (Wildman–Crippen MR) is 87.2 cm³/mol. The van der Waals surface area contributed by atoms with E-state index in [0.29, 0.717) is 34.8 Å². The van der Waals surface area contributed by atoms with Crippen molar-refractivity contribution < 1.29 is 4.74 Å². The monoisotopic (exact) mass is 326 g/mol. The van der Waals surface area contributed by atoms with Crippen LogP contribution in [0, 0.1) is 6.92 Å². The fourth-order valence-corrected chi connectivity index (χ4v) is 2.22. The van der Waals surface area contributed by atoms with Gasteiger partial charge in [-0.25, -0.2) is 10.8 Å². The van der Waals surface area contributed by atoms with E-state index in [4.69, 9.17) is 33.8 Å².